The van der Waals surface area contributed by atoms with Crippen molar-refractivity contribution >= 4 is 23.4 Å². The highest BCUT2D eigenvalue weighted by atomic mass is 32.2. The van der Waals surface area contributed by atoms with E-state index in [0.717, 1.165) is 36.0 Å². The first-order valence-corrected chi connectivity index (χ1v) is 9.98. The van der Waals surface area contributed by atoms with Crippen LogP contribution in [0.15, 0.2) is 58.5 Å². The van der Waals surface area contributed by atoms with Crippen LogP contribution in [0.25, 0.3) is 11.3 Å². The lowest BCUT2D eigenvalue weighted by Crippen LogP contribution is -2.17. The number of aromatic nitrogens is 2. The van der Waals surface area contributed by atoms with Crippen LogP contribution in [-0.2, 0) is 11.0 Å². The number of H-pyrrole nitrogens is 1. The maximum Gasteiger partial charge on any atom is 0.416 e. The number of carbonyl (C=O) groups excluding carboxylic acids is 1. The first kappa shape index (κ1) is 22.9. The van der Waals surface area contributed by atoms with Crippen molar-refractivity contribution in [3.63, 3.8) is 0 Å². The van der Waals surface area contributed by atoms with Crippen molar-refractivity contribution in [3.8, 4) is 23.1 Å². The van der Waals surface area contributed by atoms with Crippen LogP contribution in [0.3, 0.4) is 0 Å². The number of halogens is 3. The third-order valence-corrected chi connectivity index (χ3v) is 5.08. The summed E-state index contributed by atoms with van der Waals surface area (Å²) in [6, 6.07) is 12.5. The van der Waals surface area contributed by atoms with Crippen molar-refractivity contribution in [2.24, 2.45) is 0 Å². The zero-order chi connectivity index (χ0) is 23.3. The van der Waals surface area contributed by atoms with E-state index in [9.17, 15) is 28.0 Å². The molecular weight excluding hydrogens is 445 g/mol. The highest BCUT2D eigenvalue weighted by molar-refractivity contribution is 7.99. The Morgan fingerprint density at radius 2 is 1.84 bits per heavy atom. The van der Waals surface area contributed by atoms with Crippen molar-refractivity contribution in [2.45, 2.75) is 11.3 Å². The number of nitriles is 1. The van der Waals surface area contributed by atoms with Crippen LogP contribution in [-0.4, -0.2) is 28.7 Å². The Morgan fingerprint density at radius 1 is 1.19 bits per heavy atom. The second-order valence-electron chi connectivity index (χ2n) is 6.35. The summed E-state index contributed by atoms with van der Waals surface area (Å²) in [7, 11) is 1.51. The molecule has 1 amide bonds. The number of hydrogen-bond acceptors (Lipinski definition) is 6. The van der Waals surface area contributed by atoms with E-state index in [2.05, 4.69) is 15.3 Å². The van der Waals surface area contributed by atoms with E-state index in [-0.39, 0.29) is 27.9 Å². The zero-order valence-corrected chi connectivity index (χ0v) is 17.3. The summed E-state index contributed by atoms with van der Waals surface area (Å²) >= 11 is 0.912. The SMILES string of the molecule is COc1ccc(-c2nc(SCC(=O)Nc3ccc(C(F)(F)F)cc3)[nH]c(=O)c2C#N)cc1. The fourth-order valence-corrected chi connectivity index (χ4v) is 3.32. The number of rotatable bonds is 6. The van der Waals surface area contributed by atoms with Gasteiger partial charge in [-0.25, -0.2) is 4.98 Å². The van der Waals surface area contributed by atoms with Crippen molar-refractivity contribution in [2.75, 3.05) is 18.2 Å². The molecule has 2 N–H and O–H groups in total. The van der Waals surface area contributed by atoms with Crippen molar-refractivity contribution in [3.05, 3.63) is 70.0 Å². The fraction of sp³-hybridized carbons (Fsp3) is 0.143. The van der Waals surface area contributed by atoms with Gasteiger partial charge in [0.1, 0.15) is 17.4 Å². The van der Waals surface area contributed by atoms with Crippen molar-refractivity contribution in [1.29, 1.82) is 5.26 Å². The van der Waals surface area contributed by atoms with Gasteiger partial charge in [-0.15, -0.1) is 0 Å². The summed E-state index contributed by atoms with van der Waals surface area (Å²) in [5, 5.41) is 11.9. The number of amides is 1. The monoisotopic (exact) mass is 460 g/mol. The Bertz CT molecular complexity index is 1220. The number of benzene rings is 2. The average Bonchev–Trinajstić information content (AvgIpc) is 2.77. The Labute approximate surface area is 184 Å². The van der Waals surface area contributed by atoms with Gasteiger partial charge in [-0.1, -0.05) is 11.8 Å². The topological polar surface area (TPSA) is 108 Å². The molecule has 0 bridgehead atoms. The molecule has 3 aromatic rings. The maximum absolute atomic E-state index is 12.6. The summed E-state index contributed by atoms with van der Waals surface area (Å²) in [4.78, 5) is 31.2. The largest absolute Gasteiger partial charge is 0.497 e. The number of hydrogen-bond donors (Lipinski definition) is 2. The molecule has 1 aromatic heterocycles. The van der Waals surface area contributed by atoms with Crippen LogP contribution in [0.5, 0.6) is 5.75 Å². The van der Waals surface area contributed by atoms with Gasteiger partial charge in [-0.3, -0.25) is 9.59 Å². The van der Waals surface area contributed by atoms with Crippen LogP contribution < -0.4 is 15.6 Å². The first-order chi connectivity index (χ1) is 15.2. The lowest BCUT2D eigenvalue weighted by molar-refractivity contribution is -0.137. The highest BCUT2D eigenvalue weighted by Gasteiger charge is 2.30. The first-order valence-electron chi connectivity index (χ1n) is 9.00. The summed E-state index contributed by atoms with van der Waals surface area (Å²) < 4.78 is 42.9. The van der Waals surface area contributed by atoms with Crippen LogP contribution in [0.2, 0.25) is 0 Å². The summed E-state index contributed by atoms with van der Waals surface area (Å²) in [6.45, 7) is 0. The number of nitrogens with zero attached hydrogens (tertiary/aromatic N) is 2. The Balaban J connectivity index is 1.73. The fourth-order valence-electron chi connectivity index (χ4n) is 2.66. The van der Waals surface area contributed by atoms with E-state index >= 15 is 0 Å². The van der Waals surface area contributed by atoms with Gasteiger partial charge in [0.25, 0.3) is 5.56 Å². The molecule has 11 heteroatoms. The number of thioether (sulfide) groups is 1. The standard InChI is InChI=1S/C21H15F3N4O3S/c1-31-15-8-2-12(3-9-15)18-16(10-25)19(30)28-20(27-18)32-11-17(29)26-14-6-4-13(5-7-14)21(22,23)24/h2-9H,11H2,1H3,(H,26,29)(H,27,28,30). The lowest BCUT2D eigenvalue weighted by atomic mass is 10.1. The summed E-state index contributed by atoms with van der Waals surface area (Å²) in [6.07, 6.45) is -4.47. The van der Waals surface area contributed by atoms with Crippen molar-refractivity contribution < 1.29 is 22.7 Å². The van der Waals surface area contributed by atoms with Gasteiger partial charge in [0, 0.05) is 11.3 Å². The maximum atomic E-state index is 12.6. The van der Waals surface area contributed by atoms with E-state index in [0.29, 0.717) is 11.3 Å². The predicted molar refractivity (Wildman–Crippen MR) is 112 cm³/mol. The molecule has 0 fully saturated rings. The quantitative estimate of drug-likeness (QED) is 0.424. The number of alkyl halides is 3. The molecule has 0 aliphatic rings. The average molecular weight is 460 g/mol. The van der Waals surface area contributed by atoms with Gasteiger partial charge in [-0.05, 0) is 48.5 Å². The van der Waals surface area contributed by atoms with E-state index < -0.39 is 23.2 Å². The molecule has 2 aromatic carbocycles. The Kier molecular flexibility index (Phi) is 6.85. The molecule has 0 saturated heterocycles. The van der Waals surface area contributed by atoms with E-state index in [4.69, 9.17) is 4.74 Å². The van der Waals surface area contributed by atoms with E-state index in [1.807, 2.05) is 6.07 Å². The normalized spacial score (nSPS) is 11.0. The molecule has 0 atom stereocenters. The van der Waals surface area contributed by atoms with E-state index in [1.54, 1.807) is 24.3 Å². The molecular formula is C21H15F3N4O3S. The molecule has 3 rings (SSSR count). The van der Waals surface area contributed by atoms with Crippen LogP contribution in [0.4, 0.5) is 18.9 Å². The lowest BCUT2D eigenvalue weighted by Gasteiger charge is -2.09. The molecule has 1 heterocycles. The summed E-state index contributed by atoms with van der Waals surface area (Å²) in [5.41, 5.74) is -0.777. The van der Waals surface area contributed by atoms with Gasteiger partial charge in [-0.2, -0.15) is 18.4 Å². The number of ether oxygens (including phenoxy) is 1. The predicted octanol–water partition coefficient (Wildman–Crippen LogP) is 4.07. The van der Waals surface area contributed by atoms with Gasteiger partial charge >= 0.3 is 6.18 Å². The molecule has 0 saturated carbocycles. The molecule has 7 nitrogen and oxygen atoms in total. The molecule has 32 heavy (non-hydrogen) atoms. The van der Waals surface area contributed by atoms with Gasteiger partial charge in [0.15, 0.2) is 5.16 Å². The van der Waals surface area contributed by atoms with Crippen molar-refractivity contribution in [1.82, 2.24) is 9.97 Å². The number of nitrogens with one attached hydrogen (secondary N) is 2. The van der Waals surface area contributed by atoms with E-state index in [1.165, 1.54) is 7.11 Å². The molecule has 0 unspecified atom stereocenters. The molecule has 0 aliphatic carbocycles. The number of aromatic amines is 1. The summed E-state index contributed by atoms with van der Waals surface area (Å²) in [5.74, 6) is -0.0860. The minimum absolute atomic E-state index is 0.113. The minimum atomic E-state index is -4.47. The van der Waals surface area contributed by atoms with Crippen LogP contribution in [0, 0.1) is 11.3 Å². The number of anilines is 1. The minimum Gasteiger partial charge on any atom is -0.497 e. The molecule has 0 radical (unpaired) electrons. The molecule has 0 spiro atoms. The third-order valence-electron chi connectivity index (χ3n) is 4.21. The van der Waals surface area contributed by atoms with Gasteiger partial charge < -0.3 is 15.0 Å². The Morgan fingerprint density at radius 3 is 2.41 bits per heavy atom. The number of methoxy groups -OCH3 is 1. The smallest absolute Gasteiger partial charge is 0.416 e. The molecule has 164 valence electrons. The van der Waals surface area contributed by atoms with Crippen LogP contribution >= 0.6 is 11.8 Å². The Hall–Kier alpha value is -3.78. The second kappa shape index (κ2) is 9.57. The second-order valence-corrected chi connectivity index (χ2v) is 7.31. The van der Waals surface area contributed by atoms with Crippen LogP contribution in [0.1, 0.15) is 11.1 Å². The van der Waals surface area contributed by atoms with Gasteiger partial charge in [0.05, 0.1) is 24.1 Å². The zero-order valence-electron chi connectivity index (χ0n) is 16.5. The highest BCUT2D eigenvalue weighted by Crippen LogP contribution is 2.30. The molecule has 0 aliphatic heterocycles. The third kappa shape index (κ3) is 5.47. The number of carbonyl (C=O) groups is 1. The van der Waals surface area contributed by atoms with Gasteiger partial charge in [0.2, 0.25) is 5.91 Å².